The summed E-state index contributed by atoms with van der Waals surface area (Å²) < 4.78 is 5.61. The summed E-state index contributed by atoms with van der Waals surface area (Å²) in [6.45, 7) is 11.7. The second-order valence-electron chi connectivity index (χ2n) is 5.22. The Morgan fingerprint density at radius 2 is 1.59 bits per heavy atom. The van der Waals surface area contributed by atoms with E-state index in [1.54, 1.807) is 0 Å². The second kappa shape index (κ2) is 6.65. The molecule has 0 radical (unpaired) electrons. The van der Waals surface area contributed by atoms with Crippen LogP contribution in [0.2, 0.25) is 0 Å². The molecule has 1 N–H and O–H groups in total. The molecule has 1 aromatic carbocycles. The van der Waals surface area contributed by atoms with E-state index in [2.05, 4.69) is 38.2 Å². The first-order chi connectivity index (χ1) is 7.99. The van der Waals surface area contributed by atoms with Gasteiger partial charge < -0.3 is 10.1 Å². The first kappa shape index (κ1) is 14.0. The fourth-order valence-corrected chi connectivity index (χ4v) is 1.47. The highest BCUT2D eigenvalue weighted by Gasteiger charge is 2.05. The van der Waals surface area contributed by atoms with Crippen molar-refractivity contribution in [2.45, 2.75) is 53.3 Å². The number of hydrogen-bond acceptors (Lipinski definition) is 2. The second-order valence-corrected chi connectivity index (χ2v) is 5.22. The topological polar surface area (TPSA) is 21.3 Å². The summed E-state index contributed by atoms with van der Waals surface area (Å²) in [5.41, 5.74) is 1.30. The van der Waals surface area contributed by atoms with E-state index >= 15 is 0 Å². The molecule has 96 valence electrons. The Balaban J connectivity index is 2.45. The predicted octanol–water partition coefficient (Wildman–Crippen LogP) is 3.61. The van der Waals surface area contributed by atoms with Crippen molar-refractivity contribution in [1.29, 1.82) is 0 Å². The average molecular weight is 235 g/mol. The molecule has 1 atom stereocenters. The first-order valence-electron chi connectivity index (χ1n) is 6.48. The van der Waals surface area contributed by atoms with Gasteiger partial charge in [0.05, 0.1) is 6.10 Å². The summed E-state index contributed by atoms with van der Waals surface area (Å²) in [6, 6.07) is 8.87. The quantitative estimate of drug-likeness (QED) is 0.813. The van der Waals surface area contributed by atoms with Crippen molar-refractivity contribution in [2.75, 3.05) is 0 Å². The highest BCUT2D eigenvalue weighted by Crippen LogP contribution is 2.14. The Morgan fingerprint density at radius 3 is 2.06 bits per heavy atom. The van der Waals surface area contributed by atoms with Gasteiger partial charge in [0.2, 0.25) is 0 Å². The molecule has 0 aliphatic heterocycles. The van der Waals surface area contributed by atoms with Crippen molar-refractivity contribution in [3.05, 3.63) is 29.8 Å². The normalized spacial score (nSPS) is 13.1. The highest BCUT2D eigenvalue weighted by molar-refractivity contribution is 5.27. The fourth-order valence-electron chi connectivity index (χ4n) is 1.47. The molecule has 0 aliphatic rings. The maximum absolute atomic E-state index is 5.61. The Kier molecular flexibility index (Phi) is 5.49. The van der Waals surface area contributed by atoms with E-state index < -0.39 is 0 Å². The molecule has 0 heterocycles. The number of nitrogens with one attached hydrogen (secondary N) is 1. The Bertz CT molecular complexity index is 316. The van der Waals surface area contributed by atoms with Crippen LogP contribution in [0.3, 0.4) is 0 Å². The summed E-state index contributed by atoms with van der Waals surface area (Å²) in [6.07, 6.45) is 0.236. The van der Waals surface area contributed by atoms with E-state index in [-0.39, 0.29) is 6.10 Å². The van der Waals surface area contributed by atoms with Crippen LogP contribution in [-0.2, 0) is 6.54 Å². The fraction of sp³-hybridized carbons (Fsp3) is 0.600. The zero-order chi connectivity index (χ0) is 12.8. The maximum atomic E-state index is 5.61. The Morgan fingerprint density at radius 1 is 1.00 bits per heavy atom. The summed E-state index contributed by atoms with van der Waals surface area (Å²) in [7, 11) is 0. The molecule has 0 amide bonds. The van der Waals surface area contributed by atoms with Gasteiger partial charge in [0.25, 0.3) is 0 Å². The largest absolute Gasteiger partial charge is 0.491 e. The molecular weight excluding hydrogens is 210 g/mol. The molecule has 0 aliphatic carbocycles. The van der Waals surface area contributed by atoms with Crippen molar-refractivity contribution in [1.82, 2.24) is 5.32 Å². The van der Waals surface area contributed by atoms with Crippen LogP contribution in [0, 0.1) is 5.92 Å². The van der Waals surface area contributed by atoms with Crippen molar-refractivity contribution < 1.29 is 4.74 Å². The molecule has 1 unspecified atom stereocenters. The molecule has 0 saturated heterocycles. The molecule has 0 fully saturated rings. The summed E-state index contributed by atoms with van der Waals surface area (Å²) in [5.74, 6) is 1.61. The number of benzene rings is 1. The van der Waals surface area contributed by atoms with E-state index in [0.29, 0.717) is 12.0 Å². The summed E-state index contributed by atoms with van der Waals surface area (Å²) >= 11 is 0. The molecule has 0 spiro atoms. The van der Waals surface area contributed by atoms with Gasteiger partial charge in [0.1, 0.15) is 5.75 Å². The van der Waals surface area contributed by atoms with Crippen LogP contribution < -0.4 is 10.1 Å². The third-order valence-corrected chi connectivity index (χ3v) is 2.92. The lowest BCUT2D eigenvalue weighted by Crippen LogP contribution is -2.30. The van der Waals surface area contributed by atoms with Crippen LogP contribution in [0.1, 0.15) is 40.2 Å². The van der Waals surface area contributed by atoms with E-state index in [9.17, 15) is 0 Å². The van der Waals surface area contributed by atoms with Gasteiger partial charge in [0, 0.05) is 12.6 Å². The molecule has 0 bridgehead atoms. The van der Waals surface area contributed by atoms with Crippen LogP contribution in [0.5, 0.6) is 5.75 Å². The number of ether oxygens (including phenoxy) is 1. The van der Waals surface area contributed by atoms with Crippen LogP contribution >= 0.6 is 0 Å². The lowest BCUT2D eigenvalue weighted by molar-refractivity contribution is 0.242. The van der Waals surface area contributed by atoms with E-state index in [4.69, 9.17) is 4.74 Å². The zero-order valence-corrected chi connectivity index (χ0v) is 11.7. The van der Waals surface area contributed by atoms with E-state index in [0.717, 1.165) is 12.3 Å². The minimum absolute atomic E-state index is 0.236. The van der Waals surface area contributed by atoms with Gasteiger partial charge in [-0.1, -0.05) is 26.0 Å². The van der Waals surface area contributed by atoms with E-state index in [1.807, 2.05) is 26.0 Å². The van der Waals surface area contributed by atoms with Crippen LogP contribution in [0.25, 0.3) is 0 Å². The molecule has 2 heteroatoms. The molecule has 0 aromatic heterocycles. The lowest BCUT2D eigenvalue weighted by atomic mass is 10.1. The third-order valence-electron chi connectivity index (χ3n) is 2.92. The Hall–Kier alpha value is -1.02. The highest BCUT2D eigenvalue weighted by atomic mass is 16.5. The first-order valence-corrected chi connectivity index (χ1v) is 6.48. The minimum Gasteiger partial charge on any atom is -0.491 e. The number of hydrogen-bond donors (Lipinski definition) is 1. The Labute approximate surface area is 105 Å². The van der Waals surface area contributed by atoms with Crippen LogP contribution in [0.4, 0.5) is 0 Å². The summed E-state index contributed by atoms with van der Waals surface area (Å²) in [4.78, 5) is 0. The smallest absolute Gasteiger partial charge is 0.119 e. The molecule has 17 heavy (non-hydrogen) atoms. The SMILES string of the molecule is CC(C)Oc1ccc(CNC(C)C(C)C)cc1. The van der Waals surface area contributed by atoms with Gasteiger partial charge >= 0.3 is 0 Å². The van der Waals surface area contributed by atoms with Crippen molar-refractivity contribution in [3.8, 4) is 5.75 Å². The average Bonchev–Trinajstić information content (AvgIpc) is 2.26. The summed E-state index contributed by atoms with van der Waals surface area (Å²) in [5, 5.41) is 3.52. The van der Waals surface area contributed by atoms with E-state index in [1.165, 1.54) is 5.56 Å². The van der Waals surface area contributed by atoms with Gasteiger partial charge in [-0.15, -0.1) is 0 Å². The standard InChI is InChI=1S/C15H25NO/c1-11(2)13(5)16-10-14-6-8-15(9-7-14)17-12(3)4/h6-9,11-13,16H,10H2,1-5H3. The number of rotatable bonds is 6. The van der Waals surface area contributed by atoms with Crippen LogP contribution in [-0.4, -0.2) is 12.1 Å². The molecule has 1 rings (SSSR count). The van der Waals surface area contributed by atoms with Gasteiger partial charge in [0.15, 0.2) is 0 Å². The van der Waals surface area contributed by atoms with Gasteiger partial charge in [-0.2, -0.15) is 0 Å². The van der Waals surface area contributed by atoms with Gasteiger partial charge in [-0.3, -0.25) is 0 Å². The third kappa shape index (κ3) is 5.22. The lowest BCUT2D eigenvalue weighted by Gasteiger charge is -2.17. The molecule has 0 saturated carbocycles. The monoisotopic (exact) mass is 235 g/mol. The predicted molar refractivity (Wildman–Crippen MR) is 73.3 cm³/mol. The van der Waals surface area contributed by atoms with Gasteiger partial charge in [-0.25, -0.2) is 0 Å². The van der Waals surface area contributed by atoms with Gasteiger partial charge in [-0.05, 0) is 44.4 Å². The minimum atomic E-state index is 0.236. The maximum Gasteiger partial charge on any atom is 0.119 e. The van der Waals surface area contributed by atoms with Crippen molar-refractivity contribution in [2.24, 2.45) is 5.92 Å². The molecule has 1 aromatic rings. The molecule has 2 nitrogen and oxygen atoms in total. The molecular formula is C15H25NO. The van der Waals surface area contributed by atoms with Crippen molar-refractivity contribution >= 4 is 0 Å². The zero-order valence-electron chi connectivity index (χ0n) is 11.7. The van der Waals surface area contributed by atoms with Crippen LogP contribution in [0.15, 0.2) is 24.3 Å². The van der Waals surface area contributed by atoms with Crippen molar-refractivity contribution in [3.63, 3.8) is 0 Å².